The van der Waals surface area contributed by atoms with Crippen molar-refractivity contribution in [3.05, 3.63) is 87.5 Å². The number of hydrogen-bond acceptors (Lipinski definition) is 4. The maximum Gasteiger partial charge on any atom is 0.261 e. The second-order valence-electron chi connectivity index (χ2n) is 6.46. The zero-order valence-corrected chi connectivity index (χ0v) is 17.3. The number of aryl methyl sites for hydroxylation is 1. The Morgan fingerprint density at radius 2 is 2.00 bits per heavy atom. The van der Waals surface area contributed by atoms with Gasteiger partial charge in [0.15, 0.2) is 0 Å². The van der Waals surface area contributed by atoms with Crippen molar-refractivity contribution in [2.24, 2.45) is 0 Å². The molecule has 7 nitrogen and oxygen atoms in total. The molecule has 1 amide bonds. The molecule has 0 radical (unpaired) electrons. The zero-order chi connectivity index (χ0) is 21.3. The van der Waals surface area contributed by atoms with Crippen molar-refractivity contribution in [2.45, 2.75) is 13.5 Å². The van der Waals surface area contributed by atoms with Crippen LogP contribution in [-0.4, -0.2) is 20.3 Å². The number of benzene rings is 1. The van der Waals surface area contributed by atoms with Gasteiger partial charge < -0.3 is 9.73 Å². The zero-order valence-electron chi connectivity index (χ0n) is 15.8. The van der Waals surface area contributed by atoms with Crippen molar-refractivity contribution in [2.75, 3.05) is 5.32 Å². The maximum atomic E-state index is 13.0. The number of furan rings is 1. The first-order valence-corrected chi connectivity index (χ1v) is 9.68. The summed E-state index contributed by atoms with van der Waals surface area (Å²) in [4.78, 5) is 13.0. The molecule has 9 heteroatoms. The minimum Gasteiger partial charge on any atom is -0.443 e. The molecule has 4 aromatic rings. The van der Waals surface area contributed by atoms with Crippen LogP contribution in [0.2, 0.25) is 10.0 Å². The molecule has 0 saturated carbocycles. The number of halogens is 2. The predicted molar refractivity (Wildman–Crippen MR) is 113 cm³/mol. The van der Waals surface area contributed by atoms with Gasteiger partial charge >= 0.3 is 0 Å². The highest BCUT2D eigenvalue weighted by atomic mass is 35.5. The van der Waals surface area contributed by atoms with Crippen LogP contribution in [0.3, 0.4) is 0 Å². The highest BCUT2D eigenvalue weighted by Gasteiger charge is 2.25. The predicted octanol–water partition coefficient (Wildman–Crippen LogP) is 5.05. The number of carbonyl (C=O) groups excluding carboxylic acids is 1. The Morgan fingerprint density at radius 1 is 1.23 bits per heavy atom. The van der Waals surface area contributed by atoms with Crippen LogP contribution in [0, 0.1) is 18.3 Å². The summed E-state index contributed by atoms with van der Waals surface area (Å²) >= 11 is 12.3. The lowest BCUT2D eigenvalue weighted by atomic mass is 10.1. The molecule has 3 aromatic heterocycles. The van der Waals surface area contributed by atoms with Crippen molar-refractivity contribution in [1.82, 2.24) is 14.3 Å². The number of rotatable bonds is 5. The summed E-state index contributed by atoms with van der Waals surface area (Å²) in [6, 6.07) is 12.7. The van der Waals surface area contributed by atoms with E-state index >= 15 is 0 Å². The van der Waals surface area contributed by atoms with E-state index in [1.54, 1.807) is 65.1 Å². The van der Waals surface area contributed by atoms with Gasteiger partial charge in [-0.25, -0.2) is 4.68 Å². The second kappa shape index (κ2) is 8.11. The van der Waals surface area contributed by atoms with Gasteiger partial charge in [-0.2, -0.15) is 10.4 Å². The summed E-state index contributed by atoms with van der Waals surface area (Å²) < 4.78 is 8.93. The molecule has 3 heterocycles. The van der Waals surface area contributed by atoms with Crippen LogP contribution in [0.15, 0.2) is 59.4 Å². The maximum absolute atomic E-state index is 13.0. The fourth-order valence-corrected chi connectivity index (χ4v) is 3.51. The Balaban J connectivity index is 1.63. The number of nitrogens with zero attached hydrogens (tertiary/aromatic N) is 4. The van der Waals surface area contributed by atoms with Gasteiger partial charge in [0.25, 0.3) is 5.91 Å². The van der Waals surface area contributed by atoms with Crippen molar-refractivity contribution in [1.29, 1.82) is 5.26 Å². The number of anilines is 1. The molecule has 150 valence electrons. The van der Waals surface area contributed by atoms with Gasteiger partial charge in [-0.3, -0.25) is 9.36 Å². The van der Waals surface area contributed by atoms with Gasteiger partial charge in [-0.1, -0.05) is 35.3 Å². The minimum atomic E-state index is -0.467. The number of aromatic nitrogens is 3. The lowest BCUT2D eigenvalue weighted by Gasteiger charge is -2.11. The first-order chi connectivity index (χ1) is 14.5. The average Bonchev–Trinajstić information content (AvgIpc) is 3.45. The van der Waals surface area contributed by atoms with Gasteiger partial charge in [-0.15, -0.1) is 0 Å². The first-order valence-electron chi connectivity index (χ1n) is 8.92. The fraction of sp³-hybridized carbons (Fsp3) is 0.0952. The third kappa shape index (κ3) is 3.59. The Bertz CT molecular complexity index is 1270. The van der Waals surface area contributed by atoms with E-state index in [2.05, 4.69) is 16.5 Å². The molecule has 0 spiro atoms. The van der Waals surface area contributed by atoms with Crippen LogP contribution in [0.4, 0.5) is 5.82 Å². The second-order valence-corrected chi connectivity index (χ2v) is 7.24. The molecule has 0 aliphatic heterocycles. The lowest BCUT2D eigenvalue weighted by molar-refractivity contribution is 0.102. The third-order valence-corrected chi connectivity index (χ3v) is 5.41. The Morgan fingerprint density at radius 3 is 2.73 bits per heavy atom. The summed E-state index contributed by atoms with van der Waals surface area (Å²) in [6.07, 6.45) is 5.04. The Kier molecular flexibility index (Phi) is 5.36. The molecule has 0 aliphatic rings. The molecule has 4 rings (SSSR count). The molecule has 0 saturated heterocycles. The molecule has 0 unspecified atom stereocenters. The van der Waals surface area contributed by atoms with Crippen molar-refractivity contribution in [3.63, 3.8) is 0 Å². The smallest absolute Gasteiger partial charge is 0.261 e. The molecule has 0 atom stereocenters. The summed E-state index contributed by atoms with van der Waals surface area (Å²) in [5.74, 6) is 0.620. The molecule has 0 fully saturated rings. The quantitative estimate of drug-likeness (QED) is 0.470. The summed E-state index contributed by atoms with van der Waals surface area (Å²) in [5.41, 5.74) is 1.09. The van der Waals surface area contributed by atoms with Gasteiger partial charge in [-0.05, 0) is 30.7 Å². The van der Waals surface area contributed by atoms with Gasteiger partial charge in [0.05, 0.1) is 22.8 Å². The third-order valence-electron chi connectivity index (χ3n) is 4.55. The number of amides is 1. The van der Waals surface area contributed by atoms with Crippen LogP contribution >= 0.6 is 23.2 Å². The number of carbonyl (C=O) groups is 1. The van der Waals surface area contributed by atoms with E-state index in [1.165, 1.54) is 0 Å². The number of hydrogen-bond donors (Lipinski definition) is 1. The highest BCUT2D eigenvalue weighted by Crippen LogP contribution is 2.28. The summed E-state index contributed by atoms with van der Waals surface area (Å²) in [6.45, 7) is 1.96. The Hall–Kier alpha value is -3.47. The molecule has 0 bridgehead atoms. The van der Waals surface area contributed by atoms with Crippen LogP contribution in [0.5, 0.6) is 0 Å². The van der Waals surface area contributed by atoms with Crippen molar-refractivity contribution < 1.29 is 9.21 Å². The molecular formula is C21H15Cl2N5O2. The lowest BCUT2D eigenvalue weighted by Crippen LogP contribution is -2.17. The molecular weight excluding hydrogens is 425 g/mol. The van der Waals surface area contributed by atoms with E-state index in [0.717, 1.165) is 5.56 Å². The van der Waals surface area contributed by atoms with Crippen molar-refractivity contribution >= 4 is 34.9 Å². The summed E-state index contributed by atoms with van der Waals surface area (Å²) in [5, 5.41) is 17.6. The fourth-order valence-electron chi connectivity index (χ4n) is 3.13. The van der Waals surface area contributed by atoms with Gasteiger partial charge in [0.1, 0.15) is 28.8 Å². The van der Waals surface area contributed by atoms with Crippen LogP contribution in [0.1, 0.15) is 27.2 Å². The number of nitriles is 1. The molecule has 1 N–H and O–H groups in total. The number of nitrogens with one attached hydrogen (secondary N) is 1. The average molecular weight is 440 g/mol. The Labute approximate surface area is 182 Å². The normalized spacial score (nSPS) is 10.7. The van der Waals surface area contributed by atoms with Crippen molar-refractivity contribution in [3.8, 4) is 12.0 Å². The van der Waals surface area contributed by atoms with E-state index in [-0.39, 0.29) is 11.1 Å². The van der Waals surface area contributed by atoms with E-state index < -0.39 is 5.91 Å². The van der Waals surface area contributed by atoms with E-state index in [1.807, 2.05) is 6.07 Å². The van der Waals surface area contributed by atoms with Crippen LogP contribution in [0.25, 0.3) is 5.88 Å². The first kappa shape index (κ1) is 19.8. The largest absolute Gasteiger partial charge is 0.443 e. The van der Waals surface area contributed by atoms with Crippen LogP contribution in [-0.2, 0) is 6.54 Å². The van der Waals surface area contributed by atoms with E-state index in [9.17, 15) is 10.1 Å². The van der Waals surface area contributed by atoms with Gasteiger partial charge in [0.2, 0.25) is 5.88 Å². The molecule has 0 aliphatic carbocycles. The molecule has 1 aromatic carbocycles. The monoisotopic (exact) mass is 439 g/mol. The SMILES string of the molecule is Cc1oc(-n2cccc2)c(C#N)c1C(=O)Nc1ccnn1Cc1cccc(Cl)c1Cl. The van der Waals surface area contributed by atoms with E-state index in [4.69, 9.17) is 27.6 Å². The topological polar surface area (TPSA) is 88.8 Å². The standard InChI is InChI=1S/C21H15Cl2N5O2/c1-13-18(15(11-24)21(30-13)27-9-2-3-10-27)20(29)26-17-7-8-25-28(17)12-14-5-4-6-16(22)19(14)23/h2-10H,12H2,1H3,(H,26,29). The summed E-state index contributed by atoms with van der Waals surface area (Å²) in [7, 11) is 0. The minimum absolute atomic E-state index is 0.158. The highest BCUT2D eigenvalue weighted by molar-refractivity contribution is 6.42. The van der Waals surface area contributed by atoms with E-state index in [0.29, 0.717) is 34.1 Å². The van der Waals surface area contributed by atoms with Crippen LogP contribution < -0.4 is 5.32 Å². The van der Waals surface area contributed by atoms with Gasteiger partial charge in [0, 0.05) is 18.5 Å². The molecule has 30 heavy (non-hydrogen) atoms.